The lowest BCUT2D eigenvalue weighted by Crippen LogP contribution is -2.41. The number of carbonyl (C=O) groups is 3. The van der Waals surface area contributed by atoms with Crippen molar-refractivity contribution in [3.8, 4) is 5.75 Å². The maximum atomic E-state index is 12.2. The smallest absolute Gasteiger partial charge is 0.327 e. The van der Waals surface area contributed by atoms with Crippen molar-refractivity contribution in [2.45, 2.75) is 25.4 Å². The first-order valence-electron chi connectivity index (χ1n) is 7.62. The van der Waals surface area contributed by atoms with E-state index in [1.165, 1.54) is 0 Å². The molecule has 23 heavy (non-hydrogen) atoms. The Morgan fingerprint density at radius 3 is 2.96 bits per heavy atom. The number of urea groups is 1. The SMILES string of the molecule is COc1cccc(CNC(=O)CN2C(=O)C3CCCN3C2=O)c1. The molecule has 0 spiro atoms. The summed E-state index contributed by atoms with van der Waals surface area (Å²) in [7, 11) is 1.58. The molecule has 1 aromatic rings. The molecule has 2 heterocycles. The van der Waals surface area contributed by atoms with Crippen LogP contribution in [0.15, 0.2) is 24.3 Å². The second-order valence-electron chi connectivity index (χ2n) is 5.69. The van der Waals surface area contributed by atoms with Gasteiger partial charge in [-0.05, 0) is 30.5 Å². The van der Waals surface area contributed by atoms with Crippen LogP contribution in [0.2, 0.25) is 0 Å². The van der Waals surface area contributed by atoms with Gasteiger partial charge < -0.3 is 15.0 Å². The monoisotopic (exact) mass is 317 g/mol. The number of imide groups is 1. The van der Waals surface area contributed by atoms with Crippen molar-refractivity contribution in [3.05, 3.63) is 29.8 Å². The zero-order valence-corrected chi connectivity index (χ0v) is 12.9. The molecule has 0 aromatic heterocycles. The van der Waals surface area contributed by atoms with Crippen LogP contribution in [0.5, 0.6) is 5.75 Å². The predicted molar refractivity (Wildman–Crippen MR) is 81.7 cm³/mol. The normalized spacial score (nSPS) is 20.0. The highest BCUT2D eigenvalue weighted by Gasteiger charge is 2.47. The molecule has 2 fully saturated rings. The fourth-order valence-corrected chi connectivity index (χ4v) is 3.01. The minimum absolute atomic E-state index is 0.228. The molecule has 1 unspecified atom stereocenters. The van der Waals surface area contributed by atoms with Gasteiger partial charge in [0.05, 0.1) is 7.11 Å². The van der Waals surface area contributed by atoms with E-state index in [-0.39, 0.29) is 30.4 Å². The maximum Gasteiger partial charge on any atom is 0.327 e. The lowest BCUT2D eigenvalue weighted by Gasteiger charge is -2.15. The molecule has 7 heteroatoms. The number of ether oxygens (including phenoxy) is 1. The van der Waals surface area contributed by atoms with Crippen molar-refractivity contribution in [2.24, 2.45) is 0 Å². The van der Waals surface area contributed by atoms with E-state index < -0.39 is 0 Å². The number of hydrogen-bond donors (Lipinski definition) is 1. The third kappa shape index (κ3) is 2.99. The largest absolute Gasteiger partial charge is 0.497 e. The Morgan fingerprint density at radius 2 is 2.22 bits per heavy atom. The number of nitrogens with one attached hydrogen (secondary N) is 1. The van der Waals surface area contributed by atoms with Gasteiger partial charge in [-0.25, -0.2) is 4.79 Å². The van der Waals surface area contributed by atoms with Gasteiger partial charge in [-0.2, -0.15) is 0 Å². The third-order valence-electron chi connectivity index (χ3n) is 4.21. The van der Waals surface area contributed by atoms with Crippen LogP contribution >= 0.6 is 0 Å². The summed E-state index contributed by atoms with van der Waals surface area (Å²) >= 11 is 0. The van der Waals surface area contributed by atoms with Crippen LogP contribution in [0, 0.1) is 0 Å². The number of benzene rings is 1. The van der Waals surface area contributed by atoms with Gasteiger partial charge in [0, 0.05) is 13.1 Å². The van der Waals surface area contributed by atoms with Gasteiger partial charge in [0.2, 0.25) is 5.91 Å². The summed E-state index contributed by atoms with van der Waals surface area (Å²) in [4.78, 5) is 38.9. The van der Waals surface area contributed by atoms with Gasteiger partial charge in [-0.3, -0.25) is 14.5 Å². The molecule has 0 aliphatic carbocycles. The van der Waals surface area contributed by atoms with Crippen molar-refractivity contribution in [3.63, 3.8) is 0 Å². The quantitative estimate of drug-likeness (QED) is 0.812. The van der Waals surface area contributed by atoms with E-state index in [0.29, 0.717) is 25.3 Å². The molecule has 3 rings (SSSR count). The number of methoxy groups -OCH3 is 1. The maximum absolute atomic E-state index is 12.2. The third-order valence-corrected chi connectivity index (χ3v) is 4.21. The van der Waals surface area contributed by atoms with Crippen molar-refractivity contribution >= 4 is 17.8 Å². The van der Waals surface area contributed by atoms with Crippen molar-refractivity contribution < 1.29 is 19.1 Å². The standard InChI is InChI=1S/C16H19N3O4/c1-23-12-5-2-4-11(8-12)9-17-14(20)10-19-15(21)13-6-3-7-18(13)16(19)22/h2,4-5,8,13H,3,6-7,9-10H2,1H3,(H,17,20). The Balaban J connectivity index is 1.55. The summed E-state index contributed by atoms with van der Waals surface area (Å²) in [6, 6.07) is 6.62. The van der Waals surface area contributed by atoms with Gasteiger partial charge in [-0.15, -0.1) is 0 Å². The van der Waals surface area contributed by atoms with Crippen LogP contribution in [-0.4, -0.2) is 53.9 Å². The summed E-state index contributed by atoms with van der Waals surface area (Å²) in [6.07, 6.45) is 1.53. The van der Waals surface area contributed by atoms with Gasteiger partial charge in [0.15, 0.2) is 0 Å². The summed E-state index contributed by atoms with van der Waals surface area (Å²) in [5.41, 5.74) is 0.886. The van der Waals surface area contributed by atoms with Crippen LogP contribution in [-0.2, 0) is 16.1 Å². The van der Waals surface area contributed by atoms with Crippen LogP contribution in [0.25, 0.3) is 0 Å². The molecule has 4 amide bonds. The Morgan fingerprint density at radius 1 is 1.39 bits per heavy atom. The van der Waals surface area contributed by atoms with Gasteiger partial charge in [0.25, 0.3) is 5.91 Å². The Hall–Kier alpha value is -2.57. The Kier molecular flexibility index (Phi) is 4.18. The molecule has 122 valence electrons. The summed E-state index contributed by atoms with van der Waals surface area (Å²) in [6.45, 7) is 0.686. The highest BCUT2D eigenvalue weighted by molar-refractivity contribution is 6.06. The van der Waals surface area contributed by atoms with Crippen LogP contribution in [0.3, 0.4) is 0 Å². The van der Waals surface area contributed by atoms with E-state index in [1.807, 2.05) is 24.3 Å². The molecule has 7 nitrogen and oxygen atoms in total. The lowest BCUT2D eigenvalue weighted by atomic mass is 10.2. The molecule has 2 aliphatic heterocycles. The molecular formula is C16H19N3O4. The van der Waals surface area contributed by atoms with E-state index in [2.05, 4.69) is 5.32 Å². The molecule has 2 saturated heterocycles. The summed E-state index contributed by atoms with van der Waals surface area (Å²) in [5, 5.41) is 2.72. The van der Waals surface area contributed by atoms with Gasteiger partial charge >= 0.3 is 6.03 Å². The molecule has 0 bridgehead atoms. The molecule has 1 N–H and O–H groups in total. The van der Waals surface area contributed by atoms with E-state index in [9.17, 15) is 14.4 Å². The van der Waals surface area contributed by atoms with E-state index >= 15 is 0 Å². The van der Waals surface area contributed by atoms with E-state index in [1.54, 1.807) is 12.0 Å². The molecule has 0 saturated carbocycles. The number of carbonyl (C=O) groups excluding carboxylic acids is 3. The highest BCUT2D eigenvalue weighted by atomic mass is 16.5. The predicted octanol–water partition coefficient (Wildman–Crippen LogP) is 0.738. The molecule has 0 radical (unpaired) electrons. The fourth-order valence-electron chi connectivity index (χ4n) is 3.01. The number of rotatable bonds is 5. The fraction of sp³-hybridized carbons (Fsp3) is 0.438. The zero-order valence-electron chi connectivity index (χ0n) is 12.9. The average molecular weight is 317 g/mol. The van der Waals surface area contributed by atoms with Crippen LogP contribution in [0.4, 0.5) is 4.79 Å². The molecular weight excluding hydrogens is 298 g/mol. The van der Waals surface area contributed by atoms with Crippen LogP contribution < -0.4 is 10.1 Å². The molecule has 2 aliphatic rings. The zero-order chi connectivity index (χ0) is 16.4. The minimum atomic E-state index is -0.367. The summed E-state index contributed by atoms with van der Waals surface area (Å²) < 4.78 is 5.12. The highest BCUT2D eigenvalue weighted by Crippen LogP contribution is 2.26. The van der Waals surface area contributed by atoms with Gasteiger partial charge in [-0.1, -0.05) is 12.1 Å². The first kappa shape index (κ1) is 15.3. The Labute approximate surface area is 134 Å². The van der Waals surface area contributed by atoms with Crippen molar-refractivity contribution in [1.82, 2.24) is 15.1 Å². The average Bonchev–Trinajstić information content (AvgIpc) is 3.13. The molecule has 1 atom stereocenters. The first-order chi connectivity index (χ1) is 11.1. The van der Waals surface area contributed by atoms with Crippen LogP contribution in [0.1, 0.15) is 18.4 Å². The summed E-state index contributed by atoms with van der Waals surface area (Å²) in [5.74, 6) is 0.0991. The number of hydrogen-bond acceptors (Lipinski definition) is 4. The van der Waals surface area contributed by atoms with E-state index in [0.717, 1.165) is 16.9 Å². The van der Waals surface area contributed by atoms with E-state index in [4.69, 9.17) is 4.74 Å². The first-order valence-corrected chi connectivity index (χ1v) is 7.62. The number of fused-ring (bicyclic) bond motifs is 1. The number of nitrogens with zero attached hydrogens (tertiary/aromatic N) is 2. The second kappa shape index (κ2) is 6.28. The Bertz CT molecular complexity index is 624. The molecule has 1 aromatic carbocycles. The van der Waals surface area contributed by atoms with Crippen molar-refractivity contribution in [2.75, 3.05) is 20.2 Å². The van der Waals surface area contributed by atoms with Crippen molar-refractivity contribution in [1.29, 1.82) is 0 Å². The second-order valence-corrected chi connectivity index (χ2v) is 5.69. The number of amides is 4. The lowest BCUT2D eigenvalue weighted by molar-refractivity contribution is -0.132. The topological polar surface area (TPSA) is 79.0 Å². The van der Waals surface area contributed by atoms with Gasteiger partial charge in [0.1, 0.15) is 18.3 Å². The minimum Gasteiger partial charge on any atom is -0.497 e.